The molecule has 1 heterocycles. The smallest absolute Gasteiger partial charge is 0.126 e. The maximum absolute atomic E-state index is 5.80. The molecule has 0 saturated carbocycles. The first-order chi connectivity index (χ1) is 8.11. The highest BCUT2D eigenvalue weighted by Gasteiger charge is 2.17. The molecule has 0 fully saturated rings. The Morgan fingerprint density at radius 1 is 1.35 bits per heavy atom. The topological polar surface area (TPSA) is 24.9 Å². The number of alkyl halides is 1. The van der Waals surface area contributed by atoms with E-state index in [9.17, 15) is 0 Å². The summed E-state index contributed by atoms with van der Waals surface area (Å²) in [5, 5.41) is 3.43. The van der Waals surface area contributed by atoms with Gasteiger partial charge in [0.1, 0.15) is 5.82 Å². The zero-order valence-electron chi connectivity index (χ0n) is 10.7. The Hall–Kier alpha value is -0.760. The molecule has 1 aliphatic rings. The lowest BCUT2D eigenvalue weighted by atomic mass is 9.90. The van der Waals surface area contributed by atoms with Crippen molar-refractivity contribution in [3.8, 4) is 0 Å². The SMILES string of the molecule is CC(C)(CCCl)CNc1ccc2c(n1)CCC2. The third kappa shape index (κ3) is 3.35. The highest BCUT2D eigenvalue weighted by molar-refractivity contribution is 6.17. The number of halogens is 1. The Kier molecular flexibility index (Phi) is 3.93. The molecule has 2 rings (SSSR count). The van der Waals surface area contributed by atoms with Crippen LogP contribution in [0.4, 0.5) is 5.82 Å². The van der Waals surface area contributed by atoms with Crippen molar-refractivity contribution in [1.82, 2.24) is 4.98 Å². The minimum absolute atomic E-state index is 0.225. The molecule has 2 nitrogen and oxygen atoms in total. The van der Waals surface area contributed by atoms with Crippen molar-refractivity contribution in [3.05, 3.63) is 23.4 Å². The van der Waals surface area contributed by atoms with Crippen LogP contribution in [0.25, 0.3) is 0 Å². The summed E-state index contributed by atoms with van der Waals surface area (Å²) >= 11 is 5.80. The van der Waals surface area contributed by atoms with E-state index in [1.54, 1.807) is 0 Å². The number of nitrogens with one attached hydrogen (secondary N) is 1. The van der Waals surface area contributed by atoms with Crippen LogP contribution in [0.2, 0.25) is 0 Å². The molecule has 0 spiro atoms. The van der Waals surface area contributed by atoms with Gasteiger partial charge in [-0.2, -0.15) is 0 Å². The van der Waals surface area contributed by atoms with Crippen molar-refractivity contribution in [3.63, 3.8) is 0 Å². The minimum atomic E-state index is 0.225. The number of aromatic nitrogens is 1. The molecule has 0 unspecified atom stereocenters. The van der Waals surface area contributed by atoms with Crippen LogP contribution in [0, 0.1) is 5.41 Å². The lowest BCUT2D eigenvalue weighted by Crippen LogP contribution is -2.24. The first-order valence-electron chi connectivity index (χ1n) is 6.39. The van der Waals surface area contributed by atoms with Crippen molar-refractivity contribution >= 4 is 17.4 Å². The number of rotatable bonds is 5. The summed E-state index contributed by atoms with van der Waals surface area (Å²) < 4.78 is 0. The minimum Gasteiger partial charge on any atom is -0.370 e. The van der Waals surface area contributed by atoms with Crippen LogP contribution >= 0.6 is 11.6 Å². The fourth-order valence-electron chi connectivity index (χ4n) is 2.19. The van der Waals surface area contributed by atoms with Crippen molar-refractivity contribution in [1.29, 1.82) is 0 Å². The van der Waals surface area contributed by atoms with Crippen LogP contribution < -0.4 is 5.32 Å². The highest BCUT2D eigenvalue weighted by Crippen LogP contribution is 2.24. The fraction of sp³-hybridized carbons (Fsp3) is 0.643. The maximum atomic E-state index is 5.80. The van der Waals surface area contributed by atoms with Gasteiger partial charge >= 0.3 is 0 Å². The third-order valence-electron chi connectivity index (χ3n) is 3.45. The summed E-state index contributed by atoms with van der Waals surface area (Å²) in [7, 11) is 0. The van der Waals surface area contributed by atoms with E-state index >= 15 is 0 Å². The van der Waals surface area contributed by atoms with Crippen LogP contribution in [0.1, 0.15) is 37.9 Å². The zero-order chi connectivity index (χ0) is 12.3. The predicted octanol–water partition coefficient (Wildman–Crippen LogP) is 3.64. The molecule has 0 saturated heterocycles. The second-order valence-corrected chi connectivity index (χ2v) is 5.99. The molecular formula is C14H21ClN2. The van der Waals surface area contributed by atoms with E-state index < -0.39 is 0 Å². The second-order valence-electron chi connectivity index (χ2n) is 5.61. The Morgan fingerprint density at radius 2 is 2.18 bits per heavy atom. The maximum Gasteiger partial charge on any atom is 0.126 e. The van der Waals surface area contributed by atoms with E-state index in [-0.39, 0.29) is 5.41 Å². The molecule has 0 aromatic carbocycles. The summed E-state index contributed by atoms with van der Waals surface area (Å²) in [6, 6.07) is 4.31. The molecule has 1 aromatic rings. The summed E-state index contributed by atoms with van der Waals surface area (Å²) in [6.07, 6.45) is 4.60. The van der Waals surface area contributed by atoms with E-state index in [4.69, 9.17) is 11.6 Å². The zero-order valence-corrected chi connectivity index (χ0v) is 11.5. The van der Waals surface area contributed by atoms with E-state index in [0.717, 1.165) is 25.2 Å². The van der Waals surface area contributed by atoms with E-state index in [2.05, 4.69) is 36.3 Å². The Balaban J connectivity index is 1.95. The summed E-state index contributed by atoms with van der Waals surface area (Å²) in [5.41, 5.74) is 2.93. The number of fused-ring (bicyclic) bond motifs is 1. The van der Waals surface area contributed by atoms with Crippen molar-refractivity contribution in [2.45, 2.75) is 39.5 Å². The van der Waals surface area contributed by atoms with Crippen LogP contribution in [-0.2, 0) is 12.8 Å². The monoisotopic (exact) mass is 252 g/mol. The summed E-state index contributed by atoms with van der Waals surface area (Å²) in [6.45, 7) is 5.39. The first-order valence-corrected chi connectivity index (χ1v) is 6.93. The highest BCUT2D eigenvalue weighted by atomic mass is 35.5. The number of hydrogen-bond donors (Lipinski definition) is 1. The van der Waals surface area contributed by atoms with Crippen molar-refractivity contribution in [2.75, 3.05) is 17.7 Å². The second kappa shape index (κ2) is 5.26. The Bertz CT molecular complexity index is 388. The summed E-state index contributed by atoms with van der Waals surface area (Å²) in [4.78, 5) is 4.67. The summed E-state index contributed by atoms with van der Waals surface area (Å²) in [5.74, 6) is 1.72. The van der Waals surface area contributed by atoms with Gasteiger partial charge in [-0.3, -0.25) is 0 Å². The fourth-order valence-corrected chi connectivity index (χ4v) is 2.70. The molecule has 0 aliphatic heterocycles. The molecule has 1 aliphatic carbocycles. The van der Waals surface area contributed by atoms with Crippen molar-refractivity contribution < 1.29 is 0 Å². The number of aryl methyl sites for hydroxylation is 2. The van der Waals surface area contributed by atoms with Crippen LogP contribution in [0.3, 0.4) is 0 Å². The normalized spacial score (nSPS) is 14.8. The van der Waals surface area contributed by atoms with Crippen LogP contribution in [0.15, 0.2) is 12.1 Å². The number of pyridine rings is 1. The lowest BCUT2D eigenvalue weighted by Gasteiger charge is -2.24. The molecular weight excluding hydrogens is 232 g/mol. The van der Waals surface area contributed by atoms with Gasteiger partial charge in [0.15, 0.2) is 0 Å². The molecule has 94 valence electrons. The number of hydrogen-bond acceptors (Lipinski definition) is 2. The van der Waals surface area contributed by atoms with Crippen molar-refractivity contribution in [2.24, 2.45) is 5.41 Å². The Morgan fingerprint density at radius 3 is 2.94 bits per heavy atom. The predicted molar refractivity (Wildman–Crippen MR) is 73.9 cm³/mol. The lowest BCUT2D eigenvalue weighted by molar-refractivity contribution is 0.379. The van der Waals surface area contributed by atoms with Crippen LogP contribution in [0.5, 0.6) is 0 Å². The Labute approximate surface area is 109 Å². The van der Waals surface area contributed by atoms with Gasteiger partial charge in [-0.05, 0) is 42.7 Å². The molecule has 0 bridgehead atoms. The first kappa shape index (κ1) is 12.7. The van der Waals surface area contributed by atoms with Gasteiger partial charge in [0.05, 0.1) is 0 Å². The number of nitrogens with zero attached hydrogens (tertiary/aromatic N) is 1. The molecule has 0 radical (unpaired) electrons. The molecule has 0 amide bonds. The molecule has 1 aromatic heterocycles. The third-order valence-corrected chi connectivity index (χ3v) is 3.64. The quantitative estimate of drug-likeness (QED) is 0.810. The number of anilines is 1. The average Bonchev–Trinajstić information content (AvgIpc) is 2.73. The van der Waals surface area contributed by atoms with E-state index in [0.29, 0.717) is 5.88 Å². The standard InChI is InChI=1S/C14H21ClN2/c1-14(2,8-9-15)10-16-13-7-6-11-4-3-5-12(11)17-13/h6-7H,3-5,8-10H2,1-2H3,(H,16,17). The molecule has 17 heavy (non-hydrogen) atoms. The van der Waals surface area contributed by atoms with Gasteiger partial charge in [-0.25, -0.2) is 4.98 Å². The van der Waals surface area contributed by atoms with Gasteiger partial charge in [0.2, 0.25) is 0 Å². The van der Waals surface area contributed by atoms with E-state index in [1.807, 2.05) is 0 Å². The molecule has 3 heteroatoms. The van der Waals surface area contributed by atoms with Gasteiger partial charge in [0.25, 0.3) is 0 Å². The molecule has 1 N–H and O–H groups in total. The van der Waals surface area contributed by atoms with E-state index in [1.165, 1.54) is 24.1 Å². The van der Waals surface area contributed by atoms with Crippen LogP contribution in [-0.4, -0.2) is 17.4 Å². The molecule has 0 atom stereocenters. The van der Waals surface area contributed by atoms with Gasteiger partial charge in [-0.1, -0.05) is 19.9 Å². The average molecular weight is 253 g/mol. The van der Waals surface area contributed by atoms with Gasteiger partial charge < -0.3 is 5.32 Å². The largest absolute Gasteiger partial charge is 0.370 e. The van der Waals surface area contributed by atoms with Gasteiger partial charge in [-0.15, -0.1) is 11.6 Å². The van der Waals surface area contributed by atoms with Gasteiger partial charge in [0, 0.05) is 18.1 Å².